The molecule has 7 nitrogen and oxygen atoms in total. The normalized spacial score (nSPS) is 9.83. The van der Waals surface area contributed by atoms with Gasteiger partial charge in [-0.1, -0.05) is 0 Å². The Labute approximate surface area is 104 Å². The molecule has 0 aliphatic rings. The van der Waals surface area contributed by atoms with Gasteiger partial charge in [0.1, 0.15) is 6.33 Å². The first kappa shape index (κ1) is 13.9. The van der Waals surface area contributed by atoms with Crippen LogP contribution in [0.3, 0.4) is 0 Å². The van der Waals surface area contributed by atoms with E-state index in [-0.39, 0.29) is 18.9 Å². The predicted octanol–water partition coefficient (Wildman–Crippen LogP) is 0.145. The van der Waals surface area contributed by atoms with E-state index >= 15 is 0 Å². The number of aryl methyl sites for hydroxylation is 1. The van der Waals surface area contributed by atoms with E-state index in [1.807, 2.05) is 0 Å². The number of hydrogen-bond acceptors (Lipinski definition) is 5. The topological polar surface area (TPSA) is 101 Å². The van der Waals surface area contributed by atoms with Crippen LogP contribution in [0.5, 0.6) is 5.88 Å². The summed E-state index contributed by atoms with van der Waals surface area (Å²) in [6.45, 7) is 1.96. The van der Waals surface area contributed by atoms with Crippen molar-refractivity contribution in [3.8, 4) is 5.88 Å². The number of carboxylic acid groups (broad SMARTS) is 1. The van der Waals surface area contributed by atoms with E-state index in [0.717, 1.165) is 5.69 Å². The van der Waals surface area contributed by atoms with Crippen LogP contribution in [-0.4, -0.2) is 40.1 Å². The van der Waals surface area contributed by atoms with Crippen molar-refractivity contribution >= 4 is 11.9 Å². The molecule has 1 heterocycles. The van der Waals surface area contributed by atoms with Crippen molar-refractivity contribution in [2.75, 3.05) is 13.2 Å². The Balaban J connectivity index is 2.19. The Morgan fingerprint density at radius 1 is 1.44 bits per heavy atom. The molecule has 0 aliphatic heterocycles. The summed E-state index contributed by atoms with van der Waals surface area (Å²) in [7, 11) is 0. The number of rotatable bonds is 7. The summed E-state index contributed by atoms with van der Waals surface area (Å²) in [6, 6.07) is 1.62. The van der Waals surface area contributed by atoms with Gasteiger partial charge in [0.2, 0.25) is 5.88 Å². The molecule has 0 saturated carbocycles. The molecule has 18 heavy (non-hydrogen) atoms. The van der Waals surface area contributed by atoms with Gasteiger partial charge in [0.15, 0.2) is 6.61 Å². The summed E-state index contributed by atoms with van der Waals surface area (Å²) in [6.07, 6.45) is 1.79. The maximum Gasteiger partial charge on any atom is 0.303 e. The highest BCUT2D eigenvalue weighted by atomic mass is 16.5. The van der Waals surface area contributed by atoms with Crippen LogP contribution in [-0.2, 0) is 9.59 Å². The third kappa shape index (κ3) is 5.78. The molecule has 0 radical (unpaired) electrons. The molecule has 0 saturated heterocycles. The lowest BCUT2D eigenvalue weighted by Gasteiger charge is -2.06. The highest BCUT2D eigenvalue weighted by Crippen LogP contribution is 2.04. The van der Waals surface area contributed by atoms with Crippen LogP contribution in [0.4, 0.5) is 0 Å². The number of carbonyl (C=O) groups is 2. The van der Waals surface area contributed by atoms with Crippen LogP contribution in [0.25, 0.3) is 0 Å². The number of amides is 1. The fourth-order valence-electron chi connectivity index (χ4n) is 1.17. The summed E-state index contributed by atoms with van der Waals surface area (Å²) in [5.74, 6) is -0.850. The standard InChI is InChI=1S/C11H15N3O4/c1-8-5-10(14-7-13-8)18-6-9(15)12-4-2-3-11(16)17/h5,7H,2-4,6H2,1H3,(H,12,15)(H,16,17). The minimum atomic E-state index is -0.878. The van der Waals surface area contributed by atoms with Crippen molar-refractivity contribution < 1.29 is 19.4 Å². The minimum absolute atomic E-state index is 0.0340. The second-order valence-electron chi connectivity index (χ2n) is 3.63. The van der Waals surface area contributed by atoms with Crippen LogP contribution < -0.4 is 10.1 Å². The second-order valence-corrected chi connectivity index (χ2v) is 3.63. The molecule has 1 rings (SSSR count). The molecular formula is C11H15N3O4. The zero-order valence-corrected chi connectivity index (χ0v) is 10.0. The predicted molar refractivity (Wildman–Crippen MR) is 62.1 cm³/mol. The second kappa shape index (κ2) is 7.21. The molecule has 2 N–H and O–H groups in total. The third-order valence-electron chi connectivity index (χ3n) is 2.02. The average Bonchev–Trinajstić information content (AvgIpc) is 2.32. The number of nitrogens with zero attached hydrogens (tertiary/aromatic N) is 2. The molecule has 1 amide bonds. The van der Waals surface area contributed by atoms with Crippen LogP contribution in [0.1, 0.15) is 18.5 Å². The number of ether oxygens (including phenoxy) is 1. The molecule has 0 aliphatic carbocycles. The fourth-order valence-corrected chi connectivity index (χ4v) is 1.17. The Bertz CT molecular complexity index is 423. The first-order valence-corrected chi connectivity index (χ1v) is 5.48. The Morgan fingerprint density at radius 3 is 2.89 bits per heavy atom. The van der Waals surface area contributed by atoms with E-state index in [0.29, 0.717) is 18.8 Å². The Morgan fingerprint density at radius 2 is 2.22 bits per heavy atom. The molecule has 0 bridgehead atoms. The molecule has 1 aromatic heterocycles. The van der Waals surface area contributed by atoms with Crippen LogP contribution in [0.2, 0.25) is 0 Å². The number of aromatic nitrogens is 2. The van der Waals surface area contributed by atoms with Gasteiger partial charge in [0, 0.05) is 24.7 Å². The lowest BCUT2D eigenvalue weighted by atomic mass is 10.3. The van der Waals surface area contributed by atoms with E-state index in [1.54, 1.807) is 13.0 Å². The van der Waals surface area contributed by atoms with Gasteiger partial charge in [0.05, 0.1) is 0 Å². The number of aliphatic carboxylic acids is 1. The van der Waals surface area contributed by atoms with Crippen molar-refractivity contribution in [1.29, 1.82) is 0 Å². The van der Waals surface area contributed by atoms with Gasteiger partial charge < -0.3 is 15.2 Å². The molecule has 0 atom stereocenters. The first-order valence-electron chi connectivity index (χ1n) is 5.48. The summed E-state index contributed by atoms with van der Waals surface area (Å²) in [5, 5.41) is 11.0. The van der Waals surface area contributed by atoms with Crippen molar-refractivity contribution in [2.45, 2.75) is 19.8 Å². The number of carbonyl (C=O) groups excluding carboxylic acids is 1. The summed E-state index contributed by atoms with van der Waals surface area (Å²) >= 11 is 0. The molecule has 7 heteroatoms. The summed E-state index contributed by atoms with van der Waals surface area (Å²) in [4.78, 5) is 29.3. The average molecular weight is 253 g/mol. The highest BCUT2D eigenvalue weighted by molar-refractivity contribution is 5.77. The number of hydrogen-bond donors (Lipinski definition) is 2. The summed E-state index contributed by atoms with van der Waals surface area (Å²) in [5.41, 5.74) is 0.752. The zero-order valence-electron chi connectivity index (χ0n) is 10.0. The van der Waals surface area contributed by atoms with Crippen molar-refractivity contribution in [3.05, 3.63) is 18.1 Å². The summed E-state index contributed by atoms with van der Waals surface area (Å²) < 4.78 is 5.15. The van der Waals surface area contributed by atoms with E-state index in [1.165, 1.54) is 6.33 Å². The Hall–Kier alpha value is -2.18. The van der Waals surface area contributed by atoms with E-state index < -0.39 is 5.97 Å². The quantitative estimate of drug-likeness (QED) is 0.670. The van der Waals surface area contributed by atoms with Gasteiger partial charge in [-0.2, -0.15) is 0 Å². The smallest absolute Gasteiger partial charge is 0.303 e. The van der Waals surface area contributed by atoms with E-state index in [9.17, 15) is 9.59 Å². The van der Waals surface area contributed by atoms with Crippen molar-refractivity contribution in [3.63, 3.8) is 0 Å². The molecule has 0 fully saturated rings. The lowest BCUT2D eigenvalue weighted by Crippen LogP contribution is -2.30. The van der Waals surface area contributed by atoms with Crippen molar-refractivity contribution in [1.82, 2.24) is 15.3 Å². The SMILES string of the molecule is Cc1cc(OCC(=O)NCCCC(=O)O)ncn1. The van der Waals surface area contributed by atoms with Gasteiger partial charge in [-0.3, -0.25) is 9.59 Å². The fraction of sp³-hybridized carbons (Fsp3) is 0.455. The van der Waals surface area contributed by atoms with Crippen molar-refractivity contribution in [2.24, 2.45) is 0 Å². The number of nitrogens with one attached hydrogen (secondary N) is 1. The van der Waals surface area contributed by atoms with Crippen LogP contribution in [0.15, 0.2) is 12.4 Å². The van der Waals surface area contributed by atoms with Crippen LogP contribution in [0, 0.1) is 6.92 Å². The van der Waals surface area contributed by atoms with Gasteiger partial charge in [0.25, 0.3) is 5.91 Å². The van der Waals surface area contributed by atoms with Gasteiger partial charge >= 0.3 is 5.97 Å². The van der Waals surface area contributed by atoms with E-state index in [4.69, 9.17) is 9.84 Å². The molecule has 98 valence electrons. The number of carboxylic acids is 1. The molecular weight excluding hydrogens is 238 g/mol. The molecule has 0 aromatic carbocycles. The van der Waals surface area contributed by atoms with Crippen LogP contribution >= 0.6 is 0 Å². The zero-order chi connectivity index (χ0) is 13.4. The molecule has 0 spiro atoms. The molecule has 0 unspecified atom stereocenters. The van der Waals surface area contributed by atoms with Gasteiger partial charge in [-0.05, 0) is 13.3 Å². The minimum Gasteiger partial charge on any atom is -0.481 e. The van der Waals surface area contributed by atoms with E-state index in [2.05, 4.69) is 15.3 Å². The largest absolute Gasteiger partial charge is 0.481 e. The third-order valence-corrected chi connectivity index (χ3v) is 2.02. The maximum atomic E-state index is 11.3. The highest BCUT2D eigenvalue weighted by Gasteiger charge is 2.04. The maximum absolute atomic E-state index is 11.3. The molecule has 1 aromatic rings. The Kier molecular flexibility index (Phi) is 5.56. The first-order chi connectivity index (χ1) is 8.58. The van der Waals surface area contributed by atoms with Gasteiger partial charge in [-0.25, -0.2) is 9.97 Å². The van der Waals surface area contributed by atoms with Gasteiger partial charge in [-0.15, -0.1) is 0 Å². The lowest BCUT2D eigenvalue weighted by molar-refractivity contribution is -0.137. The monoisotopic (exact) mass is 253 g/mol.